The van der Waals surface area contributed by atoms with Crippen molar-refractivity contribution < 1.29 is 9.59 Å². The molecule has 120 valence electrons. The van der Waals surface area contributed by atoms with Gasteiger partial charge in [0.05, 0.1) is 12.2 Å². The topological polar surface area (TPSA) is 74.3 Å². The zero-order valence-electron chi connectivity index (χ0n) is 13.5. The first-order valence-corrected chi connectivity index (χ1v) is 7.24. The van der Waals surface area contributed by atoms with Gasteiger partial charge in [-0.15, -0.1) is 0 Å². The standard InChI is InChI=1S/C17H20N4O2/c1-12-6-4-5-7-15(12)20-16(22)13-8-9-18-14(10-13)11-19-17(23)21(2)3/h4-10H,11H2,1-3H3,(H,19,23)(H,20,22). The van der Waals surface area contributed by atoms with Crippen LogP contribution in [0.4, 0.5) is 10.5 Å². The molecule has 3 amide bonds. The van der Waals surface area contributed by atoms with E-state index in [1.807, 2.05) is 31.2 Å². The molecule has 6 nitrogen and oxygen atoms in total. The Kier molecular flexibility index (Phi) is 5.30. The summed E-state index contributed by atoms with van der Waals surface area (Å²) in [5, 5.41) is 5.59. The van der Waals surface area contributed by atoms with Crippen LogP contribution in [0.5, 0.6) is 0 Å². The van der Waals surface area contributed by atoms with Gasteiger partial charge < -0.3 is 15.5 Å². The normalized spacial score (nSPS) is 10.0. The number of urea groups is 1. The van der Waals surface area contributed by atoms with Crippen LogP contribution in [-0.4, -0.2) is 35.9 Å². The van der Waals surface area contributed by atoms with Crippen molar-refractivity contribution in [2.45, 2.75) is 13.5 Å². The van der Waals surface area contributed by atoms with Crippen molar-refractivity contribution >= 4 is 17.6 Å². The van der Waals surface area contributed by atoms with Gasteiger partial charge in [0.15, 0.2) is 0 Å². The van der Waals surface area contributed by atoms with Gasteiger partial charge in [-0.3, -0.25) is 9.78 Å². The highest BCUT2D eigenvalue weighted by Gasteiger charge is 2.09. The van der Waals surface area contributed by atoms with Crippen LogP contribution in [0.3, 0.4) is 0 Å². The number of carbonyl (C=O) groups excluding carboxylic acids is 2. The van der Waals surface area contributed by atoms with Gasteiger partial charge in [0.2, 0.25) is 0 Å². The summed E-state index contributed by atoms with van der Waals surface area (Å²) in [5.41, 5.74) is 2.89. The molecule has 0 saturated heterocycles. The average Bonchev–Trinajstić information content (AvgIpc) is 2.54. The summed E-state index contributed by atoms with van der Waals surface area (Å²) in [6, 6.07) is 10.7. The lowest BCUT2D eigenvalue weighted by Gasteiger charge is -2.12. The van der Waals surface area contributed by atoms with Crippen molar-refractivity contribution in [3.05, 3.63) is 59.4 Å². The number of rotatable bonds is 4. The van der Waals surface area contributed by atoms with Crippen molar-refractivity contribution in [3.63, 3.8) is 0 Å². The Morgan fingerprint density at radius 2 is 1.91 bits per heavy atom. The maximum atomic E-state index is 12.3. The van der Waals surface area contributed by atoms with E-state index < -0.39 is 0 Å². The molecular weight excluding hydrogens is 292 g/mol. The van der Waals surface area contributed by atoms with E-state index in [9.17, 15) is 9.59 Å². The molecule has 1 aromatic carbocycles. The molecule has 0 aliphatic heterocycles. The molecule has 0 saturated carbocycles. The van der Waals surface area contributed by atoms with Gasteiger partial charge in [-0.1, -0.05) is 18.2 Å². The predicted molar refractivity (Wildman–Crippen MR) is 89.3 cm³/mol. The maximum Gasteiger partial charge on any atom is 0.317 e. The predicted octanol–water partition coefficient (Wildman–Crippen LogP) is 2.41. The number of anilines is 1. The number of pyridine rings is 1. The lowest BCUT2D eigenvalue weighted by atomic mass is 10.1. The number of nitrogens with zero attached hydrogens (tertiary/aromatic N) is 2. The van der Waals surface area contributed by atoms with Gasteiger partial charge in [0, 0.05) is 31.5 Å². The number of nitrogens with one attached hydrogen (secondary N) is 2. The molecule has 23 heavy (non-hydrogen) atoms. The second-order valence-corrected chi connectivity index (χ2v) is 5.36. The fraction of sp³-hybridized carbons (Fsp3) is 0.235. The van der Waals surface area contributed by atoms with Crippen molar-refractivity contribution in [2.24, 2.45) is 0 Å². The highest BCUT2D eigenvalue weighted by molar-refractivity contribution is 6.04. The van der Waals surface area contributed by atoms with Gasteiger partial charge >= 0.3 is 6.03 Å². The number of para-hydroxylation sites is 1. The maximum absolute atomic E-state index is 12.3. The van der Waals surface area contributed by atoms with Gasteiger partial charge in [-0.05, 0) is 30.7 Å². The van der Waals surface area contributed by atoms with E-state index in [4.69, 9.17) is 0 Å². The fourth-order valence-electron chi connectivity index (χ4n) is 1.95. The van der Waals surface area contributed by atoms with Crippen LogP contribution in [0.25, 0.3) is 0 Å². The summed E-state index contributed by atoms with van der Waals surface area (Å²) in [5.74, 6) is -0.207. The molecule has 0 aliphatic carbocycles. The molecule has 2 N–H and O–H groups in total. The summed E-state index contributed by atoms with van der Waals surface area (Å²) in [4.78, 5) is 29.5. The molecule has 0 fully saturated rings. The average molecular weight is 312 g/mol. The zero-order chi connectivity index (χ0) is 16.8. The summed E-state index contributed by atoms with van der Waals surface area (Å²) in [7, 11) is 3.32. The van der Waals surface area contributed by atoms with Gasteiger partial charge in [0.25, 0.3) is 5.91 Å². The van der Waals surface area contributed by atoms with Crippen molar-refractivity contribution in [1.82, 2.24) is 15.2 Å². The molecule has 0 bridgehead atoms. The summed E-state index contributed by atoms with van der Waals surface area (Å²) >= 11 is 0. The number of amides is 3. The number of aromatic nitrogens is 1. The van der Waals surface area contributed by atoms with Crippen LogP contribution < -0.4 is 10.6 Å². The van der Waals surface area contributed by atoms with E-state index in [1.54, 1.807) is 32.4 Å². The quantitative estimate of drug-likeness (QED) is 0.910. The zero-order valence-corrected chi connectivity index (χ0v) is 13.5. The number of aryl methyl sites for hydroxylation is 1. The Balaban J connectivity index is 2.05. The van der Waals surface area contributed by atoms with Crippen LogP contribution in [0.2, 0.25) is 0 Å². The Morgan fingerprint density at radius 1 is 1.17 bits per heavy atom. The summed E-state index contributed by atoms with van der Waals surface area (Å²) in [6.07, 6.45) is 1.56. The second kappa shape index (κ2) is 7.40. The number of hydrogen-bond acceptors (Lipinski definition) is 3. The monoisotopic (exact) mass is 312 g/mol. The minimum absolute atomic E-state index is 0.207. The van der Waals surface area contributed by atoms with E-state index in [2.05, 4.69) is 15.6 Å². The van der Waals surface area contributed by atoms with Gasteiger partial charge in [0.1, 0.15) is 0 Å². The molecule has 0 atom stereocenters. The lowest BCUT2D eigenvalue weighted by Crippen LogP contribution is -2.34. The highest BCUT2D eigenvalue weighted by Crippen LogP contribution is 2.14. The number of carbonyl (C=O) groups is 2. The minimum atomic E-state index is -0.207. The van der Waals surface area contributed by atoms with Crippen molar-refractivity contribution in [2.75, 3.05) is 19.4 Å². The SMILES string of the molecule is Cc1ccccc1NC(=O)c1ccnc(CNC(=O)N(C)C)c1. The first-order valence-electron chi connectivity index (χ1n) is 7.24. The Hall–Kier alpha value is -2.89. The third-order valence-corrected chi connectivity index (χ3v) is 3.30. The molecule has 0 aliphatic rings. The van der Waals surface area contributed by atoms with E-state index >= 15 is 0 Å². The number of hydrogen-bond donors (Lipinski definition) is 2. The summed E-state index contributed by atoms with van der Waals surface area (Å²) < 4.78 is 0. The summed E-state index contributed by atoms with van der Waals surface area (Å²) in [6.45, 7) is 2.20. The largest absolute Gasteiger partial charge is 0.332 e. The smallest absolute Gasteiger partial charge is 0.317 e. The molecule has 6 heteroatoms. The Labute approximate surface area is 135 Å². The Morgan fingerprint density at radius 3 is 2.61 bits per heavy atom. The van der Waals surface area contributed by atoms with Crippen LogP contribution in [0.1, 0.15) is 21.6 Å². The van der Waals surface area contributed by atoms with Crippen LogP contribution in [0, 0.1) is 6.92 Å². The molecule has 1 heterocycles. The van der Waals surface area contributed by atoms with E-state index in [0.717, 1.165) is 11.3 Å². The molecule has 2 rings (SSSR count). The van der Waals surface area contributed by atoms with Crippen LogP contribution in [-0.2, 0) is 6.54 Å². The van der Waals surface area contributed by atoms with Crippen LogP contribution in [0.15, 0.2) is 42.6 Å². The van der Waals surface area contributed by atoms with Gasteiger partial charge in [-0.25, -0.2) is 4.79 Å². The molecule has 1 aromatic heterocycles. The fourth-order valence-corrected chi connectivity index (χ4v) is 1.95. The number of benzene rings is 1. The molecular formula is C17H20N4O2. The van der Waals surface area contributed by atoms with E-state index in [0.29, 0.717) is 11.3 Å². The lowest BCUT2D eigenvalue weighted by molar-refractivity contribution is 0.102. The first kappa shape index (κ1) is 16.5. The van der Waals surface area contributed by atoms with Crippen molar-refractivity contribution in [1.29, 1.82) is 0 Å². The molecule has 0 unspecified atom stereocenters. The minimum Gasteiger partial charge on any atom is -0.332 e. The second-order valence-electron chi connectivity index (χ2n) is 5.36. The molecule has 0 spiro atoms. The molecule has 2 aromatic rings. The third-order valence-electron chi connectivity index (χ3n) is 3.30. The van der Waals surface area contributed by atoms with E-state index in [1.165, 1.54) is 4.90 Å². The van der Waals surface area contributed by atoms with Crippen LogP contribution >= 0.6 is 0 Å². The Bertz CT molecular complexity index is 713. The van der Waals surface area contributed by atoms with Gasteiger partial charge in [-0.2, -0.15) is 0 Å². The highest BCUT2D eigenvalue weighted by atomic mass is 16.2. The van der Waals surface area contributed by atoms with E-state index in [-0.39, 0.29) is 18.5 Å². The molecule has 0 radical (unpaired) electrons. The first-order chi connectivity index (χ1) is 11.0. The van der Waals surface area contributed by atoms with Crippen molar-refractivity contribution in [3.8, 4) is 0 Å². The third kappa shape index (κ3) is 4.54.